The zero-order chi connectivity index (χ0) is 12.8. The molecule has 0 spiro atoms. The molecule has 0 aromatic heterocycles. The maximum Gasteiger partial charge on any atom is 0.389 e. The Morgan fingerprint density at radius 3 is 2.59 bits per heavy atom. The fraction of sp³-hybridized carbons (Fsp3) is 0.500. The predicted molar refractivity (Wildman–Crippen MR) is 72.8 cm³/mol. The molecule has 0 aliphatic carbocycles. The van der Waals surface area contributed by atoms with Gasteiger partial charge in [-0.05, 0) is 43.9 Å². The Hall–Kier alpha value is -1.69. The normalized spacial score (nSPS) is 9.47. The molecule has 0 fully saturated rings. The first-order valence-electron chi connectivity index (χ1n) is 5.95. The van der Waals surface area contributed by atoms with Crippen molar-refractivity contribution in [2.75, 3.05) is 19.0 Å². The van der Waals surface area contributed by atoms with Gasteiger partial charge >= 0.3 is 6.07 Å². The summed E-state index contributed by atoms with van der Waals surface area (Å²) in [5.41, 5.74) is 5.80. The molecule has 1 rings (SSSR count). The van der Waals surface area contributed by atoms with Crippen LogP contribution in [0.15, 0.2) is 6.07 Å². The smallest absolute Gasteiger partial charge is 0.385 e. The summed E-state index contributed by atoms with van der Waals surface area (Å²) < 4.78 is 0. The molecule has 3 nitrogen and oxygen atoms in total. The third kappa shape index (κ3) is 3.13. The summed E-state index contributed by atoms with van der Waals surface area (Å²) in [6.45, 7) is 9.41. The number of anilines is 1. The van der Waals surface area contributed by atoms with Crippen LogP contribution in [0.4, 0.5) is 5.69 Å². The Kier molecular flexibility index (Phi) is 4.84. The van der Waals surface area contributed by atoms with Gasteiger partial charge in [0, 0.05) is 12.2 Å². The zero-order valence-electron chi connectivity index (χ0n) is 11.3. The fourth-order valence-corrected chi connectivity index (χ4v) is 1.97. The maximum absolute atomic E-state index is 4.70. The van der Waals surface area contributed by atoms with Crippen molar-refractivity contribution in [2.24, 2.45) is 0 Å². The van der Waals surface area contributed by atoms with Gasteiger partial charge in [0.1, 0.15) is 5.56 Å². The molecule has 1 N–H and O–H groups in total. The third-order valence-corrected chi connectivity index (χ3v) is 2.77. The molecule has 17 heavy (non-hydrogen) atoms. The van der Waals surface area contributed by atoms with Gasteiger partial charge in [-0.3, -0.25) is 0 Å². The zero-order valence-corrected chi connectivity index (χ0v) is 11.3. The number of rotatable bonds is 3. The molecule has 0 radical (unpaired) electrons. The Morgan fingerprint density at radius 1 is 1.29 bits per heavy atom. The van der Waals surface area contributed by atoms with Crippen molar-refractivity contribution < 1.29 is 4.84 Å². The van der Waals surface area contributed by atoms with Crippen LogP contribution in [0.25, 0.3) is 5.01 Å². The summed E-state index contributed by atoms with van der Waals surface area (Å²) in [5, 5.41) is 7.19. The number of nitrogens with one attached hydrogen (secondary N) is 1. The van der Waals surface area contributed by atoms with E-state index < -0.39 is 0 Å². The lowest BCUT2D eigenvalue weighted by molar-refractivity contribution is 0.331. The molecule has 1 aromatic rings. The van der Waals surface area contributed by atoms with Crippen molar-refractivity contribution in [2.45, 2.75) is 34.1 Å². The minimum Gasteiger partial charge on any atom is -0.385 e. The molecule has 0 aliphatic heterocycles. The molecular formula is C14H21N2O+. The molecular weight excluding hydrogens is 212 g/mol. The summed E-state index contributed by atoms with van der Waals surface area (Å²) >= 11 is 0. The lowest BCUT2D eigenvalue weighted by Gasteiger charge is -2.13. The molecule has 0 amide bonds. The molecule has 0 saturated carbocycles. The SMILES string of the molecule is CCCNc1c(C)cc(C)c(C#[N+]OC)c1C. The average Bonchev–Trinajstić information content (AvgIpc) is 2.28. The lowest BCUT2D eigenvalue weighted by Crippen LogP contribution is -2.05. The quantitative estimate of drug-likeness (QED) is 0.806. The second-order valence-electron chi connectivity index (χ2n) is 4.20. The van der Waals surface area contributed by atoms with Crippen LogP contribution in [-0.4, -0.2) is 13.7 Å². The van der Waals surface area contributed by atoms with Crippen LogP contribution in [0.2, 0.25) is 0 Å². The van der Waals surface area contributed by atoms with Crippen molar-refractivity contribution >= 4 is 5.69 Å². The van der Waals surface area contributed by atoms with E-state index in [0.29, 0.717) is 0 Å². The van der Waals surface area contributed by atoms with E-state index in [9.17, 15) is 0 Å². The Labute approximate surface area is 104 Å². The number of nitrogens with zero attached hydrogens (tertiary/aromatic N) is 1. The number of benzene rings is 1. The monoisotopic (exact) mass is 233 g/mol. The number of aryl methyl sites for hydroxylation is 2. The van der Waals surface area contributed by atoms with Gasteiger partial charge < -0.3 is 5.32 Å². The van der Waals surface area contributed by atoms with Gasteiger partial charge in [0.2, 0.25) is 5.01 Å². The molecule has 0 atom stereocenters. The first-order valence-corrected chi connectivity index (χ1v) is 5.95. The minimum absolute atomic E-state index is 0.978. The fourth-order valence-electron chi connectivity index (χ4n) is 1.97. The standard InChI is InChI=1S/C14H21N2O/c1-6-7-15-14-11(3)8-10(2)13(12(14)4)9-16-17-5/h8,15H,6-7H2,1-5H3/q+1. The van der Waals surface area contributed by atoms with E-state index in [1.807, 2.05) is 0 Å². The van der Waals surface area contributed by atoms with E-state index in [2.05, 4.69) is 50.2 Å². The van der Waals surface area contributed by atoms with Crippen molar-refractivity contribution in [3.63, 3.8) is 0 Å². The van der Waals surface area contributed by atoms with E-state index in [-0.39, 0.29) is 0 Å². The van der Waals surface area contributed by atoms with Crippen LogP contribution >= 0.6 is 0 Å². The maximum atomic E-state index is 4.70. The first kappa shape index (κ1) is 13.4. The van der Waals surface area contributed by atoms with Crippen molar-refractivity contribution in [1.82, 2.24) is 0 Å². The van der Waals surface area contributed by atoms with Gasteiger partial charge in [-0.1, -0.05) is 13.0 Å². The van der Waals surface area contributed by atoms with Crippen LogP contribution in [0.3, 0.4) is 0 Å². The molecule has 0 aliphatic rings. The lowest BCUT2D eigenvalue weighted by atomic mass is 9.98. The summed E-state index contributed by atoms with van der Waals surface area (Å²) in [6, 6.07) is 5.09. The van der Waals surface area contributed by atoms with Crippen molar-refractivity contribution in [3.8, 4) is 6.07 Å². The van der Waals surface area contributed by atoms with Gasteiger partial charge in [0.25, 0.3) is 0 Å². The summed E-state index contributed by atoms with van der Waals surface area (Å²) in [5.74, 6) is 0. The summed E-state index contributed by atoms with van der Waals surface area (Å²) in [4.78, 5) is 4.70. The topological polar surface area (TPSA) is 25.6 Å². The van der Waals surface area contributed by atoms with Crippen LogP contribution in [0, 0.1) is 26.8 Å². The Morgan fingerprint density at radius 2 is 2.00 bits per heavy atom. The number of hydrogen-bond acceptors (Lipinski definition) is 2. The van der Waals surface area contributed by atoms with E-state index in [1.54, 1.807) is 0 Å². The number of hydrogen-bond donors (Lipinski definition) is 1. The highest BCUT2D eigenvalue weighted by Gasteiger charge is 2.13. The van der Waals surface area contributed by atoms with Crippen LogP contribution < -0.4 is 5.32 Å². The molecule has 92 valence electrons. The summed E-state index contributed by atoms with van der Waals surface area (Å²) in [6.07, 6.45) is 1.11. The molecule has 1 aromatic carbocycles. The molecule has 0 unspecified atom stereocenters. The predicted octanol–water partition coefficient (Wildman–Crippen LogP) is 3.68. The second kappa shape index (κ2) is 6.15. The Bertz CT molecular complexity index is 456. The van der Waals surface area contributed by atoms with Gasteiger partial charge in [-0.25, -0.2) is 0 Å². The van der Waals surface area contributed by atoms with Crippen molar-refractivity contribution in [3.05, 3.63) is 33.3 Å². The molecule has 3 heteroatoms. The second-order valence-corrected chi connectivity index (χ2v) is 4.20. The highest BCUT2D eigenvalue weighted by Crippen LogP contribution is 2.26. The molecule has 0 saturated heterocycles. The van der Waals surface area contributed by atoms with Crippen LogP contribution in [0.5, 0.6) is 0 Å². The van der Waals surface area contributed by atoms with Gasteiger partial charge in [0.05, 0.1) is 0 Å². The van der Waals surface area contributed by atoms with E-state index in [4.69, 9.17) is 4.84 Å². The highest BCUT2D eigenvalue weighted by atomic mass is 16.6. The van der Waals surface area contributed by atoms with Gasteiger partial charge in [0.15, 0.2) is 7.11 Å². The molecule has 0 heterocycles. The van der Waals surface area contributed by atoms with Crippen LogP contribution in [0.1, 0.15) is 35.6 Å². The molecule has 0 bridgehead atoms. The van der Waals surface area contributed by atoms with E-state index >= 15 is 0 Å². The minimum atomic E-state index is 0.978. The van der Waals surface area contributed by atoms with Gasteiger partial charge in [-0.15, -0.1) is 0 Å². The average molecular weight is 233 g/mol. The van der Waals surface area contributed by atoms with E-state index in [0.717, 1.165) is 18.5 Å². The van der Waals surface area contributed by atoms with Crippen LogP contribution in [-0.2, 0) is 4.84 Å². The van der Waals surface area contributed by atoms with Crippen molar-refractivity contribution in [1.29, 1.82) is 0 Å². The Balaban J connectivity index is 3.22. The largest absolute Gasteiger partial charge is 0.389 e. The van der Waals surface area contributed by atoms with E-state index in [1.165, 1.54) is 29.5 Å². The summed E-state index contributed by atoms with van der Waals surface area (Å²) in [7, 11) is 1.53. The third-order valence-electron chi connectivity index (χ3n) is 2.77. The highest BCUT2D eigenvalue weighted by molar-refractivity contribution is 5.65. The van der Waals surface area contributed by atoms with Gasteiger partial charge in [-0.2, -0.15) is 4.84 Å². The first-order chi connectivity index (χ1) is 8.11.